The van der Waals surface area contributed by atoms with Gasteiger partial charge in [0.1, 0.15) is 5.82 Å². The third-order valence-corrected chi connectivity index (χ3v) is 3.25. The fourth-order valence-corrected chi connectivity index (χ4v) is 2.16. The molecule has 3 rings (SSSR count). The van der Waals surface area contributed by atoms with Crippen molar-refractivity contribution in [2.45, 2.75) is 18.8 Å². The molecule has 1 fully saturated rings. The molecule has 1 aliphatic carbocycles. The van der Waals surface area contributed by atoms with E-state index in [1.165, 1.54) is 12.8 Å². The van der Waals surface area contributed by atoms with Gasteiger partial charge in [-0.25, -0.2) is 4.98 Å². The molecule has 0 aliphatic heterocycles. The van der Waals surface area contributed by atoms with E-state index in [1.807, 2.05) is 22.7 Å². The molecule has 2 aromatic heterocycles. The van der Waals surface area contributed by atoms with Crippen molar-refractivity contribution >= 4 is 27.4 Å². The largest absolute Gasteiger partial charge is 0.383 e. The first kappa shape index (κ1) is 8.29. The zero-order valence-electron chi connectivity index (χ0n) is 7.57. The molecule has 2 heterocycles. The molecule has 14 heavy (non-hydrogen) atoms. The van der Waals surface area contributed by atoms with Crippen molar-refractivity contribution in [3.63, 3.8) is 0 Å². The molecule has 0 saturated heterocycles. The lowest BCUT2D eigenvalue weighted by Crippen LogP contribution is -1.94. The van der Waals surface area contributed by atoms with Gasteiger partial charge in [0.05, 0.1) is 10.2 Å². The van der Waals surface area contributed by atoms with Crippen LogP contribution in [0.15, 0.2) is 22.8 Å². The first-order valence-electron chi connectivity index (χ1n) is 4.69. The van der Waals surface area contributed by atoms with Crippen LogP contribution < -0.4 is 5.73 Å². The molecular formula is C10H10BrN3. The van der Waals surface area contributed by atoms with Crippen molar-refractivity contribution in [2.75, 3.05) is 5.73 Å². The SMILES string of the molecule is Nc1c(C2CC2)nc2c(Br)cccn12. The molecule has 0 radical (unpaired) electrons. The molecule has 0 unspecified atom stereocenters. The fraction of sp³-hybridized carbons (Fsp3) is 0.300. The monoisotopic (exact) mass is 251 g/mol. The van der Waals surface area contributed by atoms with Crippen molar-refractivity contribution in [3.05, 3.63) is 28.5 Å². The molecule has 3 nitrogen and oxygen atoms in total. The maximum Gasteiger partial charge on any atom is 0.153 e. The Morgan fingerprint density at radius 2 is 2.29 bits per heavy atom. The van der Waals surface area contributed by atoms with E-state index in [0.717, 1.165) is 21.6 Å². The summed E-state index contributed by atoms with van der Waals surface area (Å²) in [5.74, 6) is 1.39. The maximum atomic E-state index is 6.03. The Kier molecular flexibility index (Phi) is 1.62. The number of imidazole rings is 1. The van der Waals surface area contributed by atoms with Gasteiger partial charge < -0.3 is 5.73 Å². The number of nitrogens with two attached hydrogens (primary N) is 1. The second-order valence-electron chi connectivity index (χ2n) is 3.71. The zero-order chi connectivity index (χ0) is 9.71. The van der Waals surface area contributed by atoms with Gasteiger partial charge in [-0.15, -0.1) is 0 Å². The molecule has 72 valence electrons. The van der Waals surface area contributed by atoms with E-state index in [4.69, 9.17) is 5.73 Å². The lowest BCUT2D eigenvalue weighted by Gasteiger charge is -1.96. The number of pyridine rings is 1. The normalized spacial score (nSPS) is 16.4. The van der Waals surface area contributed by atoms with Crippen LogP contribution in [0.2, 0.25) is 0 Å². The van der Waals surface area contributed by atoms with Crippen LogP contribution in [0.3, 0.4) is 0 Å². The Bertz CT molecular complexity index is 499. The van der Waals surface area contributed by atoms with E-state index in [2.05, 4.69) is 20.9 Å². The number of hydrogen-bond acceptors (Lipinski definition) is 2. The van der Waals surface area contributed by atoms with Crippen LogP contribution in [-0.4, -0.2) is 9.38 Å². The van der Waals surface area contributed by atoms with Crippen LogP contribution >= 0.6 is 15.9 Å². The van der Waals surface area contributed by atoms with Gasteiger partial charge >= 0.3 is 0 Å². The molecule has 0 amide bonds. The third kappa shape index (κ3) is 1.07. The predicted molar refractivity (Wildman–Crippen MR) is 59.3 cm³/mol. The summed E-state index contributed by atoms with van der Waals surface area (Å²) in [7, 11) is 0. The number of nitrogen functional groups attached to an aromatic ring is 1. The Labute approximate surface area is 90.1 Å². The highest BCUT2D eigenvalue weighted by molar-refractivity contribution is 9.10. The first-order valence-corrected chi connectivity index (χ1v) is 5.48. The Morgan fingerprint density at radius 3 is 2.93 bits per heavy atom. The summed E-state index contributed by atoms with van der Waals surface area (Å²) in [5.41, 5.74) is 8.02. The van der Waals surface area contributed by atoms with Gasteiger partial charge in [-0.2, -0.15) is 0 Å². The van der Waals surface area contributed by atoms with Gasteiger partial charge in [0.2, 0.25) is 0 Å². The molecule has 1 aliphatic rings. The van der Waals surface area contributed by atoms with Crippen molar-refractivity contribution in [1.82, 2.24) is 9.38 Å². The second kappa shape index (κ2) is 2.73. The summed E-state index contributed by atoms with van der Waals surface area (Å²) in [5, 5.41) is 0. The average molecular weight is 252 g/mol. The molecule has 2 aromatic rings. The number of rotatable bonds is 1. The van der Waals surface area contributed by atoms with Crippen LogP contribution in [0.25, 0.3) is 5.65 Å². The number of anilines is 1. The zero-order valence-corrected chi connectivity index (χ0v) is 9.16. The van der Waals surface area contributed by atoms with Crippen LogP contribution in [0.4, 0.5) is 5.82 Å². The molecular weight excluding hydrogens is 242 g/mol. The second-order valence-corrected chi connectivity index (χ2v) is 4.56. The summed E-state index contributed by atoms with van der Waals surface area (Å²) in [6, 6.07) is 3.95. The van der Waals surface area contributed by atoms with Gasteiger partial charge in [0.15, 0.2) is 5.65 Å². The standard InChI is InChI=1S/C10H10BrN3/c11-7-2-1-5-14-9(12)8(6-3-4-6)13-10(7)14/h1-2,5-6H,3-4,12H2. The lowest BCUT2D eigenvalue weighted by molar-refractivity contribution is 1.06. The molecule has 4 heteroatoms. The van der Waals surface area contributed by atoms with E-state index >= 15 is 0 Å². The summed E-state index contributed by atoms with van der Waals surface area (Å²) >= 11 is 3.47. The highest BCUT2D eigenvalue weighted by Gasteiger charge is 2.29. The minimum Gasteiger partial charge on any atom is -0.383 e. The number of aromatic nitrogens is 2. The summed E-state index contributed by atoms with van der Waals surface area (Å²) in [6.07, 6.45) is 4.41. The predicted octanol–water partition coefficient (Wildman–Crippen LogP) is 2.56. The highest BCUT2D eigenvalue weighted by atomic mass is 79.9. The number of hydrogen-bond donors (Lipinski definition) is 1. The first-order chi connectivity index (χ1) is 6.77. The van der Waals surface area contributed by atoms with Crippen LogP contribution in [-0.2, 0) is 0 Å². The van der Waals surface area contributed by atoms with E-state index < -0.39 is 0 Å². The maximum absolute atomic E-state index is 6.03. The van der Waals surface area contributed by atoms with Crippen LogP contribution in [0.5, 0.6) is 0 Å². The van der Waals surface area contributed by atoms with Gasteiger partial charge in [-0.05, 0) is 40.9 Å². The average Bonchev–Trinajstić information content (AvgIpc) is 2.94. The number of fused-ring (bicyclic) bond motifs is 1. The molecule has 0 spiro atoms. The summed E-state index contributed by atoms with van der Waals surface area (Å²) in [6.45, 7) is 0. The van der Waals surface area contributed by atoms with Gasteiger partial charge in [-0.3, -0.25) is 4.40 Å². The van der Waals surface area contributed by atoms with Gasteiger partial charge in [0, 0.05) is 12.1 Å². The molecule has 0 atom stereocenters. The van der Waals surface area contributed by atoms with Crippen molar-refractivity contribution < 1.29 is 0 Å². The Balaban J connectivity index is 2.33. The highest BCUT2D eigenvalue weighted by Crippen LogP contribution is 2.42. The van der Waals surface area contributed by atoms with Crippen molar-refractivity contribution in [2.24, 2.45) is 0 Å². The molecule has 2 N–H and O–H groups in total. The van der Waals surface area contributed by atoms with Crippen LogP contribution in [0.1, 0.15) is 24.5 Å². The summed E-state index contributed by atoms with van der Waals surface area (Å²) < 4.78 is 2.94. The number of halogens is 1. The van der Waals surface area contributed by atoms with E-state index in [-0.39, 0.29) is 0 Å². The lowest BCUT2D eigenvalue weighted by atomic mass is 10.3. The van der Waals surface area contributed by atoms with E-state index in [1.54, 1.807) is 0 Å². The molecule has 0 bridgehead atoms. The van der Waals surface area contributed by atoms with Gasteiger partial charge in [0.25, 0.3) is 0 Å². The Hall–Kier alpha value is -1.03. The Morgan fingerprint density at radius 1 is 1.50 bits per heavy atom. The van der Waals surface area contributed by atoms with Crippen molar-refractivity contribution in [1.29, 1.82) is 0 Å². The quantitative estimate of drug-likeness (QED) is 0.847. The van der Waals surface area contributed by atoms with E-state index in [0.29, 0.717) is 5.92 Å². The third-order valence-electron chi connectivity index (χ3n) is 2.63. The fourth-order valence-electron chi connectivity index (χ4n) is 1.73. The molecule has 0 aromatic carbocycles. The topological polar surface area (TPSA) is 43.3 Å². The molecule has 1 saturated carbocycles. The minimum absolute atomic E-state index is 0.599. The van der Waals surface area contributed by atoms with Crippen LogP contribution in [0, 0.1) is 0 Å². The van der Waals surface area contributed by atoms with E-state index in [9.17, 15) is 0 Å². The minimum atomic E-state index is 0.599. The number of nitrogens with zero attached hydrogens (tertiary/aromatic N) is 2. The smallest absolute Gasteiger partial charge is 0.153 e. The summed E-state index contributed by atoms with van der Waals surface area (Å²) in [4.78, 5) is 4.56. The van der Waals surface area contributed by atoms with Crippen molar-refractivity contribution in [3.8, 4) is 0 Å². The van der Waals surface area contributed by atoms with Gasteiger partial charge in [-0.1, -0.05) is 0 Å².